The van der Waals surface area contributed by atoms with Crippen LogP contribution in [0.3, 0.4) is 0 Å². The topological polar surface area (TPSA) is 140 Å². The average Bonchev–Trinajstić information content (AvgIpc) is 2.87. The predicted molar refractivity (Wildman–Crippen MR) is 144 cm³/mol. The van der Waals surface area contributed by atoms with Crippen molar-refractivity contribution < 1.29 is 33.4 Å². The fourth-order valence-electron chi connectivity index (χ4n) is 3.40. The summed E-state index contributed by atoms with van der Waals surface area (Å²) in [5.41, 5.74) is 2.05. The lowest BCUT2D eigenvalue weighted by atomic mass is 10.0. The molecule has 210 valence electrons. The lowest BCUT2D eigenvalue weighted by Gasteiger charge is -2.24. The first kappa shape index (κ1) is 32.3. The van der Waals surface area contributed by atoms with Gasteiger partial charge in [0.15, 0.2) is 0 Å². The molecule has 0 unspecified atom stereocenters. The van der Waals surface area contributed by atoms with Crippen molar-refractivity contribution in [1.82, 2.24) is 16.0 Å². The Hall–Kier alpha value is -3.69. The van der Waals surface area contributed by atoms with Crippen molar-refractivity contribution in [3.63, 3.8) is 0 Å². The molecule has 0 heterocycles. The zero-order valence-electron chi connectivity index (χ0n) is 23.2. The molecule has 0 bridgehead atoms. The maximum Gasteiger partial charge on any atom is 0.328 e. The second kappa shape index (κ2) is 16.9. The van der Waals surface area contributed by atoms with Crippen LogP contribution in [0, 0.1) is 5.92 Å². The maximum absolute atomic E-state index is 12.9. The van der Waals surface area contributed by atoms with Crippen molar-refractivity contribution in [2.24, 2.45) is 5.92 Å². The minimum absolute atomic E-state index is 0.00917. The first-order chi connectivity index (χ1) is 18.0. The molecule has 1 rings (SSSR count). The van der Waals surface area contributed by atoms with Crippen molar-refractivity contribution in [2.45, 2.75) is 72.4 Å². The lowest BCUT2D eigenvalue weighted by molar-refractivity contribution is -0.149. The first-order valence-electron chi connectivity index (χ1n) is 13.0. The molecule has 10 heteroatoms. The van der Waals surface area contributed by atoms with Crippen molar-refractivity contribution in [1.29, 1.82) is 0 Å². The van der Waals surface area contributed by atoms with Gasteiger partial charge in [-0.2, -0.15) is 0 Å². The van der Waals surface area contributed by atoms with Crippen LogP contribution >= 0.6 is 0 Å². The molecule has 0 saturated heterocycles. The normalized spacial score (nSPS) is 12.6. The van der Waals surface area contributed by atoms with Crippen LogP contribution < -0.4 is 16.0 Å². The number of amides is 3. The zero-order chi connectivity index (χ0) is 28.7. The Morgan fingerprint density at radius 1 is 0.895 bits per heavy atom. The third-order valence-corrected chi connectivity index (χ3v) is 5.55. The summed E-state index contributed by atoms with van der Waals surface area (Å²) in [6, 6.07) is 5.76. The molecule has 38 heavy (non-hydrogen) atoms. The highest BCUT2D eigenvalue weighted by Gasteiger charge is 2.30. The number of hydrogen-bond acceptors (Lipinski definition) is 7. The first-order valence-corrected chi connectivity index (χ1v) is 13.0. The van der Waals surface area contributed by atoms with E-state index in [1.807, 2.05) is 24.3 Å². The summed E-state index contributed by atoms with van der Waals surface area (Å²) in [7, 11) is 0. The van der Waals surface area contributed by atoms with Gasteiger partial charge >= 0.3 is 11.9 Å². The van der Waals surface area contributed by atoms with Crippen LogP contribution in [0.2, 0.25) is 0 Å². The number of rotatable bonds is 15. The predicted octanol–water partition coefficient (Wildman–Crippen LogP) is 2.47. The Balaban J connectivity index is 2.69. The Kier molecular flexibility index (Phi) is 14.4. The van der Waals surface area contributed by atoms with E-state index >= 15 is 0 Å². The van der Waals surface area contributed by atoms with Gasteiger partial charge in [0.25, 0.3) is 0 Å². The van der Waals surface area contributed by atoms with Crippen LogP contribution in [0.4, 0.5) is 0 Å². The molecule has 0 spiro atoms. The van der Waals surface area contributed by atoms with E-state index in [9.17, 15) is 24.0 Å². The Morgan fingerprint density at radius 3 is 2.08 bits per heavy atom. The molecule has 10 nitrogen and oxygen atoms in total. The average molecular weight is 532 g/mol. The molecule has 1 aromatic rings. The molecular formula is C28H41N3O7. The van der Waals surface area contributed by atoms with Gasteiger partial charge in [-0.3, -0.25) is 19.2 Å². The number of carbonyl (C=O) groups excluding carboxylic acids is 5. The summed E-state index contributed by atoms with van der Waals surface area (Å²) in [5, 5.41) is 7.65. The molecule has 3 N–H and O–H groups in total. The van der Waals surface area contributed by atoms with Gasteiger partial charge in [-0.15, -0.1) is 0 Å². The largest absolute Gasteiger partial charge is 0.466 e. The van der Waals surface area contributed by atoms with Gasteiger partial charge in [0, 0.05) is 12.5 Å². The van der Waals surface area contributed by atoms with Crippen molar-refractivity contribution in [2.75, 3.05) is 19.8 Å². The molecular weight excluding hydrogens is 490 g/mol. The maximum atomic E-state index is 12.9. The lowest BCUT2D eigenvalue weighted by Crippen LogP contribution is -2.55. The molecule has 0 saturated carbocycles. The quantitative estimate of drug-likeness (QED) is 0.233. The number of benzene rings is 1. The second-order valence-electron chi connectivity index (χ2n) is 9.32. The van der Waals surface area contributed by atoms with Gasteiger partial charge in [0.1, 0.15) is 12.1 Å². The number of esters is 2. The van der Waals surface area contributed by atoms with E-state index < -0.39 is 41.7 Å². The third-order valence-electron chi connectivity index (χ3n) is 5.55. The Morgan fingerprint density at radius 2 is 1.53 bits per heavy atom. The monoisotopic (exact) mass is 531 g/mol. The highest BCUT2D eigenvalue weighted by molar-refractivity contribution is 5.95. The summed E-state index contributed by atoms with van der Waals surface area (Å²) in [5.74, 6) is -2.73. The van der Waals surface area contributed by atoms with E-state index in [0.29, 0.717) is 5.92 Å². The van der Waals surface area contributed by atoms with E-state index in [2.05, 4.69) is 29.8 Å². The molecule has 0 aliphatic heterocycles. The summed E-state index contributed by atoms with van der Waals surface area (Å²) in [4.78, 5) is 61.6. The van der Waals surface area contributed by atoms with Gasteiger partial charge in [-0.05, 0) is 49.3 Å². The minimum atomic E-state index is -1.08. The molecule has 0 radical (unpaired) electrons. The smallest absolute Gasteiger partial charge is 0.328 e. The van der Waals surface area contributed by atoms with Gasteiger partial charge in [-0.1, -0.05) is 52.0 Å². The van der Waals surface area contributed by atoms with Gasteiger partial charge in [-0.25, -0.2) is 4.79 Å². The standard InChI is InChI=1S/C28H41N3O7/c1-7-37-25(34)16-14-22(28(36)38-8-2)30-27(35)26(19(5)6)31-24(33)17-29-23(32)15-11-20-9-12-21(13-10-20)18(3)4/h9-13,15,18-19,22,26H,7-8,14,16-17H2,1-6H3,(H,29,32)(H,30,35)(H,31,33)/b15-11+/t22-,26+/m1/s1. The van der Waals surface area contributed by atoms with Crippen LogP contribution in [-0.2, 0) is 33.4 Å². The van der Waals surface area contributed by atoms with Crippen LogP contribution in [0.1, 0.15) is 71.4 Å². The van der Waals surface area contributed by atoms with Crippen LogP contribution in [0.25, 0.3) is 6.08 Å². The van der Waals surface area contributed by atoms with E-state index in [1.54, 1.807) is 33.8 Å². The highest BCUT2D eigenvalue weighted by Crippen LogP contribution is 2.15. The fourth-order valence-corrected chi connectivity index (χ4v) is 3.40. The van der Waals surface area contributed by atoms with E-state index in [-0.39, 0.29) is 38.5 Å². The SMILES string of the molecule is CCOC(=O)CC[C@@H](NC(=O)[C@@H](NC(=O)CNC(=O)/C=C/c1ccc(C(C)C)cc1)C(C)C)C(=O)OCC. The highest BCUT2D eigenvalue weighted by atomic mass is 16.5. The van der Waals surface area contributed by atoms with Crippen LogP contribution in [0.15, 0.2) is 30.3 Å². The number of carbonyl (C=O) groups is 5. The van der Waals surface area contributed by atoms with Crippen LogP contribution in [0.5, 0.6) is 0 Å². The van der Waals surface area contributed by atoms with Gasteiger partial charge in [0.05, 0.1) is 19.8 Å². The van der Waals surface area contributed by atoms with Crippen molar-refractivity contribution >= 4 is 35.7 Å². The number of nitrogens with one attached hydrogen (secondary N) is 3. The van der Waals surface area contributed by atoms with Gasteiger partial charge in [0.2, 0.25) is 17.7 Å². The van der Waals surface area contributed by atoms with E-state index in [0.717, 1.165) is 5.56 Å². The molecule has 0 fully saturated rings. The molecule has 1 aromatic carbocycles. The molecule has 0 aliphatic carbocycles. The van der Waals surface area contributed by atoms with E-state index in [1.165, 1.54) is 11.6 Å². The Labute approximate surface area is 224 Å². The molecule has 3 amide bonds. The molecule has 2 atom stereocenters. The van der Waals surface area contributed by atoms with Gasteiger partial charge < -0.3 is 25.4 Å². The summed E-state index contributed by atoms with van der Waals surface area (Å²) in [6.07, 6.45) is 2.88. The second-order valence-corrected chi connectivity index (χ2v) is 9.32. The van der Waals surface area contributed by atoms with E-state index in [4.69, 9.17) is 9.47 Å². The summed E-state index contributed by atoms with van der Waals surface area (Å²) >= 11 is 0. The van der Waals surface area contributed by atoms with Crippen LogP contribution in [-0.4, -0.2) is 61.5 Å². The number of ether oxygens (including phenoxy) is 2. The third kappa shape index (κ3) is 12.0. The van der Waals surface area contributed by atoms with Crippen molar-refractivity contribution in [3.8, 4) is 0 Å². The number of hydrogen-bond donors (Lipinski definition) is 3. The molecule has 0 aliphatic rings. The minimum Gasteiger partial charge on any atom is -0.466 e. The zero-order valence-corrected chi connectivity index (χ0v) is 23.2. The Bertz CT molecular complexity index is 971. The molecule has 0 aromatic heterocycles. The fraction of sp³-hybridized carbons (Fsp3) is 0.536. The summed E-state index contributed by atoms with van der Waals surface area (Å²) < 4.78 is 9.88. The summed E-state index contributed by atoms with van der Waals surface area (Å²) in [6.45, 7) is 10.9. The van der Waals surface area contributed by atoms with Crippen molar-refractivity contribution in [3.05, 3.63) is 41.5 Å².